The molecule has 1 aromatic heterocycles. The van der Waals surface area contributed by atoms with Crippen molar-refractivity contribution < 1.29 is 18.7 Å². The second-order valence-electron chi connectivity index (χ2n) is 6.67. The Morgan fingerprint density at radius 3 is 2.41 bits per heavy atom. The van der Waals surface area contributed by atoms with Gasteiger partial charge in [-0.05, 0) is 44.4 Å². The lowest BCUT2D eigenvalue weighted by Crippen LogP contribution is -2.19. The number of aliphatic hydroxyl groups is 1. The van der Waals surface area contributed by atoms with Crippen LogP contribution < -0.4 is 0 Å². The summed E-state index contributed by atoms with van der Waals surface area (Å²) < 4.78 is 30.0. The quantitative estimate of drug-likeness (QED) is 0.595. The number of likely N-dealkylation sites (N-methyl/N-ethyl adjacent to an activating group) is 1. The first-order valence-corrected chi connectivity index (χ1v) is 9.18. The number of hydrogen-bond acceptors (Lipinski definition) is 5. The lowest BCUT2D eigenvalue weighted by Gasteiger charge is -2.16. The van der Waals surface area contributed by atoms with Crippen LogP contribution in [0.1, 0.15) is 27.6 Å². The predicted molar refractivity (Wildman–Crippen MR) is 104 cm³/mol. The summed E-state index contributed by atoms with van der Waals surface area (Å²) in [5.74, 6) is -2.12. The standard InChI is InChI=1S/C20H19ClF2N4O2/c1-26(2)9-8-17-24-25-18(11-28)27(17)16-7-6-12(21)10-13(16)20(29)19-14(22)4-3-5-15(19)23/h3-7,10,28H,8-9,11H2,1-2H3. The van der Waals surface area contributed by atoms with Gasteiger partial charge in [-0.2, -0.15) is 0 Å². The fraction of sp³-hybridized carbons (Fsp3) is 0.250. The van der Waals surface area contributed by atoms with Crippen LogP contribution in [0.2, 0.25) is 5.02 Å². The van der Waals surface area contributed by atoms with E-state index in [1.54, 1.807) is 6.07 Å². The third kappa shape index (κ3) is 4.34. The van der Waals surface area contributed by atoms with Crippen molar-refractivity contribution in [3.8, 4) is 5.69 Å². The maximum Gasteiger partial charge on any atom is 0.201 e. The minimum atomic E-state index is -0.972. The molecule has 2 aromatic carbocycles. The molecule has 0 atom stereocenters. The van der Waals surface area contributed by atoms with Crippen molar-refractivity contribution in [1.29, 1.82) is 0 Å². The average molecular weight is 421 g/mol. The van der Waals surface area contributed by atoms with Crippen LogP contribution in [0, 0.1) is 11.6 Å². The molecule has 0 bridgehead atoms. The number of hydrogen-bond donors (Lipinski definition) is 1. The topological polar surface area (TPSA) is 71.2 Å². The van der Waals surface area contributed by atoms with Crippen LogP contribution in [0.25, 0.3) is 5.69 Å². The zero-order chi connectivity index (χ0) is 21.1. The van der Waals surface area contributed by atoms with Crippen LogP contribution in [-0.4, -0.2) is 51.2 Å². The highest BCUT2D eigenvalue weighted by Gasteiger charge is 2.25. The Balaban J connectivity index is 2.19. The molecule has 0 fully saturated rings. The van der Waals surface area contributed by atoms with Gasteiger partial charge in [-0.15, -0.1) is 10.2 Å². The summed E-state index contributed by atoms with van der Waals surface area (Å²) in [5.41, 5.74) is -0.420. The normalized spacial score (nSPS) is 11.3. The molecule has 1 heterocycles. The van der Waals surface area contributed by atoms with Gasteiger partial charge < -0.3 is 10.0 Å². The highest BCUT2D eigenvalue weighted by molar-refractivity contribution is 6.31. The van der Waals surface area contributed by atoms with Crippen LogP contribution in [0.5, 0.6) is 0 Å². The molecule has 0 saturated carbocycles. The van der Waals surface area contributed by atoms with E-state index in [1.807, 2.05) is 19.0 Å². The Labute approximate surface area is 171 Å². The van der Waals surface area contributed by atoms with E-state index in [9.17, 15) is 18.7 Å². The molecule has 152 valence electrons. The van der Waals surface area contributed by atoms with Crippen LogP contribution in [0.3, 0.4) is 0 Å². The second kappa shape index (κ2) is 8.77. The molecule has 6 nitrogen and oxygen atoms in total. The van der Waals surface area contributed by atoms with Gasteiger partial charge >= 0.3 is 0 Å². The molecule has 0 amide bonds. The van der Waals surface area contributed by atoms with Gasteiger partial charge in [-0.1, -0.05) is 17.7 Å². The number of rotatable bonds is 7. The molecule has 0 unspecified atom stereocenters. The molecule has 29 heavy (non-hydrogen) atoms. The van der Waals surface area contributed by atoms with Gasteiger partial charge in [0.15, 0.2) is 5.82 Å². The van der Waals surface area contributed by atoms with Gasteiger partial charge in [0, 0.05) is 23.6 Å². The highest BCUT2D eigenvalue weighted by atomic mass is 35.5. The zero-order valence-corrected chi connectivity index (χ0v) is 16.6. The van der Waals surface area contributed by atoms with Crippen LogP contribution >= 0.6 is 11.6 Å². The molecular formula is C20H19ClF2N4O2. The molecule has 3 rings (SSSR count). The molecular weight excluding hydrogens is 402 g/mol. The van der Waals surface area contributed by atoms with Gasteiger partial charge in [-0.3, -0.25) is 9.36 Å². The van der Waals surface area contributed by atoms with Crippen molar-refractivity contribution in [2.24, 2.45) is 0 Å². The van der Waals surface area contributed by atoms with Gasteiger partial charge in [0.05, 0.1) is 11.3 Å². The molecule has 0 aliphatic carbocycles. The monoisotopic (exact) mass is 420 g/mol. The van der Waals surface area contributed by atoms with Crippen molar-refractivity contribution in [1.82, 2.24) is 19.7 Å². The van der Waals surface area contributed by atoms with Crippen LogP contribution in [0.15, 0.2) is 36.4 Å². The molecule has 0 saturated heterocycles. The number of halogens is 3. The van der Waals surface area contributed by atoms with E-state index < -0.39 is 29.6 Å². The molecule has 1 N–H and O–H groups in total. The first-order valence-electron chi connectivity index (χ1n) is 8.81. The first-order chi connectivity index (χ1) is 13.8. The van der Waals surface area contributed by atoms with Crippen molar-refractivity contribution in [2.45, 2.75) is 13.0 Å². The van der Waals surface area contributed by atoms with Gasteiger partial charge in [0.1, 0.15) is 24.1 Å². The van der Waals surface area contributed by atoms with Crippen molar-refractivity contribution in [3.63, 3.8) is 0 Å². The van der Waals surface area contributed by atoms with Crippen LogP contribution in [0.4, 0.5) is 8.78 Å². The lowest BCUT2D eigenvalue weighted by atomic mass is 10.00. The Bertz CT molecular complexity index is 1030. The number of benzene rings is 2. The summed E-state index contributed by atoms with van der Waals surface area (Å²) in [4.78, 5) is 15.0. The number of aromatic nitrogens is 3. The van der Waals surface area contributed by atoms with E-state index in [1.165, 1.54) is 22.8 Å². The largest absolute Gasteiger partial charge is 0.388 e. The summed E-state index contributed by atoms with van der Waals surface area (Å²) >= 11 is 6.07. The minimum Gasteiger partial charge on any atom is -0.388 e. The first kappa shape index (κ1) is 21.0. The van der Waals surface area contributed by atoms with Gasteiger partial charge in [-0.25, -0.2) is 8.78 Å². The summed E-state index contributed by atoms with van der Waals surface area (Å²) in [7, 11) is 3.79. The lowest BCUT2D eigenvalue weighted by molar-refractivity contribution is 0.103. The van der Waals surface area contributed by atoms with E-state index in [0.29, 0.717) is 18.8 Å². The highest BCUT2D eigenvalue weighted by Crippen LogP contribution is 2.27. The van der Waals surface area contributed by atoms with Crippen LogP contribution in [-0.2, 0) is 13.0 Å². The van der Waals surface area contributed by atoms with E-state index in [-0.39, 0.29) is 22.1 Å². The summed E-state index contributed by atoms with van der Waals surface area (Å²) in [5, 5.41) is 18.0. The molecule has 0 aliphatic rings. The van der Waals surface area contributed by atoms with E-state index >= 15 is 0 Å². The van der Waals surface area contributed by atoms with E-state index in [4.69, 9.17) is 11.6 Å². The molecule has 0 aliphatic heterocycles. The molecule has 0 radical (unpaired) electrons. The van der Waals surface area contributed by atoms with Gasteiger partial charge in [0.25, 0.3) is 0 Å². The summed E-state index contributed by atoms with van der Waals surface area (Å²) in [6.07, 6.45) is 0.477. The summed E-state index contributed by atoms with van der Waals surface area (Å²) in [6, 6.07) is 7.63. The summed E-state index contributed by atoms with van der Waals surface area (Å²) in [6.45, 7) is 0.210. The molecule has 3 aromatic rings. The van der Waals surface area contributed by atoms with E-state index in [2.05, 4.69) is 10.2 Å². The average Bonchev–Trinajstić information content (AvgIpc) is 3.08. The fourth-order valence-corrected chi connectivity index (χ4v) is 3.13. The van der Waals surface area contributed by atoms with Crippen molar-refractivity contribution in [2.75, 3.05) is 20.6 Å². The second-order valence-corrected chi connectivity index (χ2v) is 7.10. The molecule has 0 spiro atoms. The third-order valence-corrected chi connectivity index (χ3v) is 4.59. The Morgan fingerprint density at radius 2 is 1.79 bits per heavy atom. The number of aliphatic hydroxyl groups excluding tert-OH is 1. The Morgan fingerprint density at radius 1 is 1.14 bits per heavy atom. The number of carbonyl (C=O) groups excluding carboxylic acids is 1. The number of carbonyl (C=O) groups is 1. The Kier molecular flexibility index (Phi) is 6.36. The minimum absolute atomic E-state index is 0.0258. The maximum atomic E-state index is 14.2. The number of nitrogens with zero attached hydrogens (tertiary/aromatic N) is 4. The SMILES string of the molecule is CN(C)CCc1nnc(CO)n1-c1ccc(Cl)cc1C(=O)c1c(F)cccc1F. The predicted octanol–water partition coefficient (Wildman–Crippen LogP) is 3.03. The maximum absolute atomic E-state index is 14.2. The van der Waals surface area contributed by atoms with Gasteiger partial charge in [0.2, 0.25) is 5.78 Å². The zero-order valence-electron chi connectivity index (χ0n) is 15.9. The van der Waals surface area contributed by atoms with Crippen molar-refractivity contribution in [3.05, 3.63) is 75.8 Å². The third-order valence-electron chi connectivity index (χ3n) is 4.36. The Hall–Kier alpha value is -2.68. The molecule has 9 heteroatoms. The fourth-order valence-electron chi connectivity index (χ4n) is 2.95. The number of ketones is 1. The van der Waals surface area contributed by atoms with Crippen molar-refractivity contribution >= 4 is 17.4 Å². The smallest absolute Gasteiger partial charge is 0.201 e. The van der Waals surface area contributed by atoms with E-state index in [0.717, 1.165) is 12.1 Å².